The Morgan fingerprint density at radius 1 is 1.17 bits per heavy atom. The van der Waals surface area contributed by atoms with Crippen molar-refractivity contribution in [2.45, 2.75) is 66.5 Å². The molecule has 0 aromatic heterocycles. The highest BCUT2D eigenvalue weighted by atomic mass is 16.6. The van der Waals surface area contributed by atoms with Crippen LogP contribution in [0.25, 0.3) is 0 Å². The van der Waals surface area contributed by atoms with Crippen LogP contribution in [-0.2, 0) is 4.74 Å². The van der Waals surface area contributed by atoms with Gasteiger partial charge in [0.05, 0.1) is 0 Å². The van der Waals surface area contributed by atoms with E-state index in [1.807, 2.05) is 25.7 Å². The number of carbonyl (C=O) groups is 1. The monoisotopic (exact) mass is 255 g/mol. The van der Waals surface area contributed by atoms with Crippen molar-refractivity contribution in [1.82, 2.24) is 4.90 Å². The van der Waals surface area contributed by atoms with E-state index in [1.165, 1.54) is 0 Å². The lowest BCUT2D eigenvalue weighted by molar-refractivity contribution is 0.0149. The number of carbonyl (C=O) groups excluding carboxylic acids is 1. The first kappa shape index (κ1) is 15.3. The molecule has 1 saturated heterocycles. The lowest BCUT2D eigenvalue weighted by Crippen LogP contribution is -2.44. The molecule has 1 aliphatic heterocycles. The molecule has 0 aromatic rings. The van der Waals surface area contributed by atoms with Crippen molar-refractivity contribution in [2.24, 2.45) is 17.8 Å². The molecule has 1 amide bonds. The molecule has 0 N–H and O–H groups in total. The molecule has 2 atom stereocenters. The molecular weight excluding hydrogens is 226 g/mol. The third-order valence-electron chi connectivity index (χ3n) is 3.67. The van der Waals surface area contributed by atoms with E-state index in [-0.39, 0.29) is 6.09 Å². The van der Waals surface area contributed by atoms with Crippen molar-refractivity contribution < 1.29 is 9.53 Å². The van der Waals surface area contributed by atoms with Crippen molar-refractivity contribution in [3.05, 3.63) is 0 Å². The van der Waals surface area contributed by atoms with Crippen molar-refractivity contribution in [1.29, 1.82) is 0 Å². The Kier molecular flexibility index (Phi) is 4.68. The summed E-state index contributed by atoms with van der Waals surface area (Å²) < 4.78 is 5.52. The van der Waals surface area contributed by atoms with Gasteiger partial charge in [-0.15, -0.1) is 0 Å². The van der Waals surface area contributed by atoms with E-state index in [4.69, 9.17) is 4.74 Å². The standard InChI is InChI=1S/C15H29NO2/c1-10(2)12-8-9-16(13(12)11(3)4)14(17)18-15(5,6)7/h10-13H,8-9H2,1-7H3. The molecular formula is C15H29NO2. The second-order valence-electron chi connectivity index (χ2n) is 7.10. The van der Waals surface area contributed by atoms with Gasteiger partial charge in [0, 0.05) is 12.6 Å². The predicted octanol–water partition coefficient (Wildman–Crippen LogP) is 3.92. The summed E-state index contributed by atoms with van der Waals surface area (Å²) in [6.07, 6.45) is 0.948. The maximum Gasteiger partial charge on any atom is 0.410 e. The van der Waals surface area contributed by atoms with Crippen LogP contribution in [-0.4, -0.2) is 29.2 Å². The molecule has 2 unspecified atom stereocenters. The molecule has 0 saturated carbocycles. The van der Waals surface area contributed by atoms with Crippen LogP contribution in [0.15, 0.2) is 0 Å². The fourth-order valence-corrected chi connectivity index (χ4v) is 2.95. The van der Waals surface area contributed by atoms with E-state index < -0.39 is 5.60 Å². The molecule has 0 spiro atoms. The molecule has 106 valence electrons. The summed E-state index contributed by atoms with van der Waals surface area (Å²) in [7, 11) is 0. The molecule has 3 nitrogen and oxygen atoms in total. The van der Waals surface area contributed by atoms with Gasteiger partial charge in [-0.1, -0.05) is 27.7 Å². The molecule has 18 heavy (non-hydrogen) atoms. The molecule has 0 aliphatic carbocycles. The van der Waals surface area contributed by atoms with E-state index in [1.54, 1.807) is 0 Å². The molecule has 1 fully saturated rings. The second-order valence-corrected chi connectivity index (χ2v) is 7.10. The molecule has 1 aliphatic rings. The van der Waals surface area contributed by atoms with Crippen molar-refractivity contribution in [3.8, 4) is 0 Å². The van der Waals surface area contributed by atoms with Crippen LogP contribution in [0.1, 0.15) is 54.9 Å². The van der Waals surface area contributed by atoms with Gasteiger partial charge in [-0.3, -0.25) is 0 Å². The molecule has 1 heterocycles. The minimum atomic E-state index is -0.408. The lowest BCUT2D eigenvalue weighted by Gasteiger charge is -2.34. The maximum absolute atomic E-state index is 12.2. The average molecular weight is 255 g/mol. The highest BCUT2D eigenvalue weighted by molar-refractivity contribution is 5.69. The summed E-state index contributed by atoms with van der Waals surface area (Å²) in [6, 6.07) is 0.319. The third kappa shape index (κ3) is 3.63. The van der Waals surface area contributed by atoms with Gasteiger partial charge >= 0.3 is 6.09 Å². The van der Waals surface area contributed by atoms with Crippen LogP contribution in [0.2, 0.25) is 0 Å². The Balaban J connectivity index is 2.79. The van der Waals surface area contributed by atoms with Crippen molar-refractivity contribution in [2.75, 3.05) is 6.54 Å². The first-order chi connectivity index (χ1) is 8.13. The van der Waals surface area contributed by atoms with Crippen LogP contribution in [0.4, 0.5) is 4.79 Å². The lowest BCUT2D eigenvalue weighted by atomic mass is 9.83. The van der Waals surface area contributed by atoms with Crippen LogP contribution in [0, 0.1) is 17.8 Å². The van der Waals surface area contributed by atoms with Crippen molar-refractivity contribution in [3.63, 3.8) is 0 Å². The van der Waals surface area contributed by atoms with Gasteiger partial charge in [0.1, 0.15) is 5.60 Å². The first-order valence-electron chi connectivity index (χ1n) is 7.13. The van der Waals surface area contributed by atoms with Gasteiger partial charge in [0.25, 0.3) is 0 Å². The molecule has 1 rings (SSSR count). The Hall–Kier alpha value is -0.730. The van der Waals surface area contributed by atoms with Crippen LogP contribution in [0.5, 0.6) is 0 Å². The van der Waals surface area contributed by atoms with E-state index in [2.05, 4.69) is 27.7 Å². The van der Waals surface area contributed by atoms with E-state index >= 15 is 0 Å². The van der Waals surface area contributed by atoms with Crippen LogP contribution >= 0.6 is 0 Å². The Labute approximate surface area is 112 Å². The summed E-state index contributed by atoms with van der Waals surface area (Å²) in [5.74, 6) is 1.69. The summed E-state index contributed by atoms with van der Waals surface area (Å²) in [5, 5.41) is 0. The van der Waals surface area contributed by atoms with E-state index in [9.17, 15) is 4.79 Å². The molecule has 0 radical (unpaired) electrons. The van der Waals surface area contributed by atoms with E-state index in [0.717, 1.165) is 13.0 Å². The Morgan fingerprint density at radius 2 is 1.72 bits per heavy atom. The zero-order chi connectivity index (χ0) is 14.1. The molecule has 0 aromatic carbocycles. The smallest absolute Gasteiger partial charge is 0.410 e. The van der Waals surface area contributed by atoms with Gasteiger partial charge in [-0.25, -0.2) is 4.79 Å². The second kappa shape index (κ2) is 5.50. The minimum absolute atomic E-state index is 0.149. The highest BCUT2D eigenvalue weighted by Crippen LogP contribution is 2.35. The Bertz CT molecular complexity index is 291. The highest BCUT2D eigenvalue weighted by Gasteiger charge is 2.41. The largest absolute Gasteiger partial charge is 0.444 e. The van der Waals surface area contributed by atoms with Gasteiger partial charge in [0.2, 0.25) is 0 Å². The third-order valence-corrected chi connectivity index (χ3v) is 3.67. The van der Waals surface area contributed by atoms with Gasteiger partial charge < -0.3 is 9.64 Å². The van der Waals surface area contributed by atoms with E-state index in [0.29, 0.717) is 23.8 Å². The SMILES string of the molecule is CC(C)C1CCN(C(=O)OC(C)(C)C)C1C(C)C. The average Bonchev–Trinajstić information content (AvgIpc) is 2.58. The minimum Gasteiger partial charge on any atom is -0.444 e. The number of amides is 1. The number of nitrogens with zero attached hydrogens (tertiary/aromatic N) is 1. The first-order valence-corrected chi connectivity index (χ1v) is 7.13. The molecule has 0 bridgehead atoms. The summed E-state index contributed by atoms with van der Waals surface area (Å²) in [4.78, 5) is 14.2. The summed E-state index contributed by atoms with van der Waals surface area (Å²) >= 11 is 0. The number of rotatable bonds is 2. The normalized spacial score (nSPS) is 25.1. The zero-order valence-corrected chi connectivity index (χ0v) is 13.0. The number of ether oxygens (including phenoxy) is 1. The Morgan fingerprint density at radius 3 is 2.11 bits per heavy atom. The predicted molar refractivity (Wildman–Crippen MR) is 74.5 cm³/mol. The van der Waals surface area contributed by atoms with Gasteiger partial charge in [0.15, 0.2) is 0 Å². The zero-order valence-electron chi connectivity index (χ0n) is 13.0. The number of hydrogen-bond acceptors (Lipinski definition) is 2. The number of likely N-dealkylation sites (tertiary alicyclic amines) is 1. The van der Waals surface area contributed by atoms with Gasteiger partial charge in [-0.05, 0) is 44.9 Å². The van der Waals surface area contributed by atoms with Crippen LogP contribution < -0.4 is 0 Å². The summed E-state index contributed by atoms with van der Waals surface area (Å²) in [5.41, 5.74) is -0.408. The quantitative estimate of drug-likeness (QED) is 0.748. The van der Waals surface area contributed by atoms with Crippen molar-refractivity contribution >= 4 is 6.09 Å². The summed E-state index contributed by atoms with van der Waals surface area (Å²) in [6.45, 7) is 15.5. The maximum atomic E-state index is 12.2. The van der Waals surface area contributed by atoms with Crippen LogP contribution in [0.3, 0.4) is 0 Å². The fraction of sp³-hybridized carbons (Fsp3) is 0.933. The number of hydrogen-bond donors (Lipinski definition) is 0. The van der Waals surface area contributed by atoms with Gasteiger partial charge in [-0.2, -0.15) is 0 Å². The fourth-order valence-electron chi connectivity index (χ4n) is 2.95. The topological polar surface area (TPSA) is 29.5 Å². The molecule has 3 heteroatoms.